The summed E-state index contributed by atoms with van der Waals surface area (Å²) in [6, 6.07) is 6.57. The van der Waals surface area contributed by atoms with E-state index < -0.39 is 0 Å². The monoisotopic (exact) mass is 264 g/mol. The highest BCUT2D eigenvalue weighted by Gasteiger charge is 2.39. The van der Waals surface area contributed by atoms with Crippen LogP contribution in [-0.2, 0) is 0 Å². The summed E-state index contributed by atoms with van der Waals surface area (Å²) in [5.41, 5.74) is 7.04. The van der Waals surface area contributed by atoms with Crippen molar-refractivity contribution in [3.8, 4) is 5.75 Å². The summed E-state index contributed by atoms with van der Waals surface area (Å²) in [6.07, 6.45) is 4.39. The van der Waals surface area contributed by atoms with Crippen molar-refractivity contribution in [2.24, 2.45) is 5.73 Å². The fourth-order valence-corrected chi connectivity index (χ4v) is 3.56. The fraction of sp³-hybridized carbons (Fsp3) is 0.600. The van der Waals surface area contributed by atoms with Gasteiger partial charge >= 0.3 is 0 Å². The Morgan fingerprint density at radius 2 is 2.00 bits per heavy atom. The number of hydrogen-bond acceptors (Lipinski definition) is 3. The van der Waals surface area contributed by atoms with E-state index in [2.05, 4.69) is 4.90 Å². The number of hydrogen-bond donors (Lipinski definition) is 1. The van der Waals surface area contributed by atoms with Crippen LogP contribution in [-0.4, -0.2) is 24.7 Å². The van der Waals surface area contributed by atoms with Crippen molar-refractivity contribution in [1.29, 1.82) is 0 Å². The molecule has 2 heterocycles. The third-order valence-electron chi connectivity index (χ3n) is 4.28. The zero-order chi connectivity index (χ0) is 13.4. The zero-order valence-corrected chi connectivity index (χ0v) is 11.3. The second-order valence-electron chi connectivity index (χ2n) is 5.57. The topological polar surface area (TPSA) is 38.5 Å². The molecule has 2 saturated heterocycles. The number of anilines is 1. The van der Waals surface area contributed by atoms with E-state index in [1.807, 2.05) is 13.0 Å². The molecule has 3 rings (SSSR count). The largest absolute Gasteiger partial charge is 0.491 e. The lowest BCUT2D eigenvalue weighted by Crippen LogP contribution is -2.47. The fourth-order valence-electron chi connectivity index (χ4n) is 3.56. The molecule has 0 radical (unpaired) electrons. The molecule has 19 heavy (non-hydrogen) atoms. The normalized spacial score (nSPS) is 29.6. The highest BCUT2D eigenvalue weighted by molar-refractivity contribution is 5.53. The molecule has 104 valence electrons. The Balaban J connectivity index is 1.85. The molecular weight excluding hydrogens is 243 g/mol. The summed E-state index contributed by atoms with van der Waals surface area (Å²) in [5.74, 6) is 0.0703. The Hall–Kier alpha value is -1.29. The van der Waals surface area contributed by atoms with Gasteiger partial charge in [0.05, 0.1) is 6.61 Å². The summed E-state index contributed by atoms with van der Waals surface area (Å²) in [5, 5.41) is 0. The van der Waals surface area contributed by atoms with Crippen molar-refractivity contribution in [2.75, 3.05) is 11.5 Å². The molecule has 1 aromatic rings. The van der Waals surface area contributed by atoms with Crippen molar-refractivity contribution in [3.63, 3.8) is 0 Å². The number of rotatable bonds is 3. The molecule has 0 aromatic heterocycles. The van der Waals surface area contributed by atoms with Crippen molar-refractivity contribution in [3.05, 3.63) is 24.0 Å². The average Bonchev–Trinajstić information content (AvgIpc) is 2.64. The van der Waals surface area contributed by atoms with Crippen LogP contribution in [0, 0.1) is 5.82 Å². The molecule has 2 N–H and O–H groups in total. The summed E-state index contributed by atoms with van der Waals surface area (Å²) < 4.78 is 19.2. The van der Waals surface area contributed by atoms with E-state index in [9.17, 15) is 4.39 Å². The van der Waals surface area contributed by atoms with Crippen LogP contribution in [0.1, 0.15) is 32.6 Å². The van der Waals surface area contributed by atoms with Gasteiger partial charge < -0.3 is 15.4 Å². The minimum absolute atomic E-state index is 0.270. The maximum absolute atomic E-state index is 14.0. The maximum atomic E-state index is 14.0. The number of halogens is 1. The van der Waals surface area contributed by atoms with Gasteiger partial charge in [-0.3, -0.25) is 0 Å². The van der Waals surface area contributed by atoms with Gasteiger partial charge in [0.2, 0.25) is 0 Å². The Morgan fingerprint density at radius 1 is 1.32 bits per heavy atom. The molecule has 0 aliphatic carbocycles. The third-order valence-corrected chi connectivity index (χ3v) is 4.28. The first kappa shape index (κ1) is 12.7. The molecule has 4 heteroatoms. The number of benzene rings is 1. The standard InChI is InChI=1S/C15H21FN2O/c1-2-19-15-6-5-13(9-14(15)16)18-11-3-4-12(18)8-10(17)7-11/h5-6,9-12H,2-4,7-8,17H2,1H3. The van der Waals surface area contributed by atoms with Crippen molar-refractivity contribution in [1.82, 2.24) is 0 Å². The van der Waals surface area contributed by atoms with Gasteiger partial charge in [0.1, 0.15) is 0 Å². The van der Waals surface area contributed by atoms with Crippen LogP contribution >= 0.6 is 0 Å². The second-order valence-corrected chi connectivity index (χ2v) is 5.57. The Labute approximate surface area is 113 Å². The van der Waals surface area contributed by atoms with Crippen LogP contribution in [0.25, 0.3) is 0 Å². The van der Waals surface area contributed by atoms with Crippen LogP contribution in [0.15, 0.2) is 18.2 Å². The van der Waals surface area contributed by atoms with E-state index in [0.717, 1.165) is 18.5 Å². The SMILES string of the molecule is CCOc1ccc(N2C3CCC2CC(N)C3)cc1F. The lowest BCUT2D eigenvalue weighted by Gasteiger charge is -2.39. The smallest absolute Gasteiger partial charge is 0.167 e. The lowest BCUT2D eigenvalue weighted by atomic mass is 9.97. The molecule has 2 atom stereocenters. The van der Waals surface area contributed by atoms with Crippen LogP contribution in [0.4, 0.5) is 10.1 Å². The molecule has 0 amide bonds. The summed E-state index contributed by atoms with van der Waals surface area (Å²) in [4.78, 5) is 2.36. The molecule has 0 spiro atoms. The first-order chi connectivity index (χ1) is 9.19. The first-order valence-corrected chi connectivity index (χ1v) is 7.15. The lowest BCUT2D eigenvalue weighted by molar-refractivity contribution is 0.321. The average molecular weight is 264 g/mol. The molecule has 2 aliphatic rings. The van der Waals surface area contributed by atoms with E-state index in [0.29, 0.717) is 30.5 Å². The summed E-state index contributed by atoms with van der Waals surface area (Å²) in [6.45, 7) is 2.35. The maximum Gasteiger partial charge on any atom is 0.167 e. The molecule has 2 unspecified atom stereocenters. The summed E-state index contributed by atoms with van der Waals surface area (Å²) >= 11 is 0. The predicted molar refractivity (Wildman–Crippen MR) is 74.1 cm³/mol. The van der Waals surface area contributed by atoms with Gasteiger partial charge in [0, 0.05) is 29.9 Å². The minimum atomic E-state index is -0.270. The van der Waals surface area contributed by atoms with E-state index in [4.69, 9.17) is 10.5 Å². The quantitative estimate of drug-likeness (QED) is 0.912. The van der Waals surface area contributed by atoms with Crippen molar-refractivity contribution >= 4 is 5.69 Å². The van der Waals surface area contributed by atoms with Crippen LogP contribution in [0.3, 0.4) is 0 Å². The highest BCUT2D eigenvalue weighted by atomic mass is 19.1. The Kier molecular flexibility index (Phi) is 3.35. The molecule has 0 saturated carbocycles. The molecular formula is C15H21FN2O. The van der Waals surface area contributed by atoms with Crippen LogP contribution in [0.5, 0.6) is 5.75 Å². The van der Waals surface area contributed by atoms with Gasteiger partial charge in [-0.1, -0.05) is 0 Å². The Morgan fingerprint density at radius 3 is 2.58 bits per heavy atom. The van der Waals surface area contributed by atoms with E-state index in [1.165, 1.54) is 12.8 Å². The first-order valence-electron chi connectivity index (χ1n) is 7.15. The molecule has 2 bridgehead atoms. The number of nitrogens with zero attached hydrogens (tertiary/aromatic N) is 1. The van der Waals surface area contributed by atoms with Gasteiger partial charge in [0.25, 0.3) is 0 Å². The third kappa shape index (κ3) is 2.29. The molecule has 1 aromatic carbocycles. The number of ether oxygens (including phenoxy) is 1. The number of piperidine rings is 1. The highest BCUT2D eigenvalue weighted by Crippen LogP contribution is 2.39. The van der Waals surface area contributed by atoms with Crippen molar-refractivity contribution in [2.45, 2.75) is 50.7 Å². The summed E-state index contributed by atoms with van der Waals surface area (Å²) in [7, 11) is 0. The van der Waals surface area contributed by atoms with E-state index in [-0.39, 0.29) is 5.82 Å². The van der Waals surface area contributed by atoms with Gasteiger partial charge in [-0.05, 0) is 44.7 Å². The molecule has 3 nitrogen and oxygen atoms in total. The van der Waals surface area contributed by atoms with Gasteiger partial charge in [0.15, 0.2) is 11.6 Å². The van der Waals surface area contributed by atoms with Crippen LogP contribution in [0.2, 0.25) is 0 Å². The molecule has 2 aliphatic heterocycles. The Bertz CT molecular complexity index is 451. The van der Waals surface area contributed by atoms with Gasteiger partial charge in [-0.25, -0.2) is 4.39 Å². The van der Waals surface area contributed by atoms with E-state index >= 15 is 0 Å². The van der Waals surface area contributed by atoms with Gasteiger partial charge in [-0.2, -0.15) is 0 Å². The minimum Gasteiger partial charge on any atom is -0.491 e. The predicted octanol–water partition coefficient (Wildman–Crippen LogP) is 2.68. The van der Waals surface area contributed by atoms with E-state index in [1.54, 1.807) is 12.1 Å². The number of fused-ring (bicyclic) bond motifs is 2. The second kappa shape index (κ2) is 5.00. The zero-order valence-electron chi connectivity index (χ0n) is 11.3. The number of nitrogens with two attached hydrogens (primary N) is 1. The van der Waals surface area contributed by atoms with Gasteiger partial charge in [-0.15, -0.1) is 0 Å². The van der Waals surface area contributed by atoms with Crippen LogP contribution < -0.4 is 15.4 Å². The molecule has 2 fully saturated rings. The van der Waals surface area contributed by atoms with Crippen molar-refractivity contribution < 1.29 is 9.13 Å².